The molecule has 0 bridgehead atoms. The number of halogens is 1. The van der Waals surface area contributed by atoms with Crippen molar-refractivity contribution in [1.29, 1.82) is 0 Å². The molecule has 0 atom stereocenters. The van der Waals surface area contributed by atoms with Gasteiger partial charge in [0, 0.05) is 38.9 Å². The van der Waals surface area contributed by atoms with E-state index in [1.54, 1.807) is 24.3 Å². The molecule has 162 valence electrons. The zero-order valence-electron chi connectivity index (χ0n) is 17.4. The molecule has 1 aliphatic rings. The summed E-state index contributed by atoms with van der Waals surface area (Å²) < 4.78 is 27.7. The van der Waals surface area contributed by atoms with Crippen LogP contribution in [0.25, 0.3) is 0 Å². The first-order chi connectivity index (χ1) is 15.0. The van der Waals surface area contributed by atoms with Crippen molar-refractivity contribution in [3.05, 3.63) is 77.9 Å². The third-order valence-electron chi connectivity index (χ3n) is 5.44. The van der Waals surface area contributed by atoms with Crippen LogP contribution in [-0.4, -0.2) is 46.1 Å². The van der Waals surface area contributed by atoms with Gasteiger partial charge in [-0.25, -0.2) is 13.4 Å². The standard InChI is InChI=1S/C23H25ClN4O2S/c1-2-28(19-8-4-3-5-9-19)31(29,30)20-12-13-23(25-18-20)27-16-14-26(15-17-27)22-11-7-6-10-21(22)24/h3-13,18H,2,14-17H2,1H3. The van der Waals surface area contributed by atoms with Gasteiger partial charge in [0.25, 0.3) is 10.0 Å². The lowest BCUT2D eigenvalue weighted by Crippen LogP contribution is -2.47. The summed E-state index contributed by atoms with van der Waals surface area (Å²) in [6, 6.07) is 20.4. The lowest BCUT2D eigenvalue weighted by molar-refractivity contribution is 0.591. The van der Waals surface area contributed by atoms with Crippen molar-refractivity contribution in [2.45, 2.75) is 11.8 Å². The summed E-state index contributed by atoms with van der Waals surface area (Å²) >= 11 is 6.32. The van der Waals surface area contributed by atoms with Crippen LogP contribution in [0.5, 0.6) is 0 Å². The van der Waals surface area contributed by atoms with Crippen molar-refractivity contribution in [2.24, 2.45) is 0 Å². The molecule has 2 aromatic carbocycles. The van der Waals surface area contributed by atoms with Gasteiger partial charge >= 0.3 is 0 Å². The average molecular weight is 457 g/mol. The van der Waals surface area contributed by atoms with E-state index in [1.165, 1.54) is 10.5 Å². The van der Waals surface area contributed by atoms with E-state index in [0.717, 1.165) is 42.7 Å². The number of nitrogens with zero attached hydrogens (tertiary/aromatic N) is 4. The second-order valence-corrected chi connectivity index (χ2v) is 9.55. The summed E-state index contributed by atoms with van der Waals surface area (Å²) in [7, 11) is -3.67. The maximum absolute atomic E-state index is 13.1. The molecule has 4 rings (SSSR count). The Labute approximate surface area is 188 Å². The average Bonchev–Trinajstić information content (AvgIpc) is 2.81. The van der Waals surface area contributed by atoms with E-state index >= 15 is 0 Å². The molecule has 1 saturated heterocycles. The van der Waals surface area contributed by atoms with Gasteiger partial charge in [-0.15, -0.1) is 0 Å². The molecule has 0 unspecified atom stereocenters. The Morgan fingerprint density at radius 1 is 0.903 bits per heavy atom. The molecule has 8 heteroatoms. The summed E-state index contributed by atoms with van der Waals surface area (Å²) in [6.45, 7) is 5.39. The number of anilines is 3. The molecule has 1 aromatic heterocycles. The molecule has 0 aliphatic carbocycles. The zero-order chi connectivity index (χ0) is 21.8. The van der Waals surface area contributed by atoms with Crippen molar-refractivity contribution in [3.8, 4) is 0 Å². The van der Waals surface area contributed by atoms with E-state index in [9.17, 15) is 8.42 Å². The minimum Gasteiger partial charge on any atom is -0.367 e. The number of hydrogen-bond acceptors (Lipinski definition) is 5. The number of hydrogen-bond donors (Lipinski definition) is 0. The summed E-state index contributed by atoms with van der Waals surface area (Å²) in [5.74, 6) is 0.778. The highest BCUT2D eigenvalue weighted by molar-refractivity contribution is 7.92. The first-order valence-corrected chi connectivity index (χ1v) is 12.1. The molecule has 1 aliphatic heterocycles. The summed E-state index contributed by atoms with van der Waals surface area (Å²) in [6.07, 6.45) is 1.46. The van der Waals surface area contributed by atoms with Crippen LogP contribution in [-0.2, 0) is 10.0 Å². The predicted molar refractivity (Wildman–Crippen MR) is 127 cm³/mol. The Morgan fingerprint density at radius 3 is 2.16 bits per heavy atom. The van der Waals surface area contributed by atoms with Crippen LogP contribution in [0.2, 0.25) is 5.02 Å². The highest BCUT2D eigenvalue weighted by Gasteiger charge is 2.25. The molecule has 0 amide bonds. The molecule has 31 heavy (non-hydrogen) atoms. The maximum atomic E-state index is 13.1. The molecule has 6 nitrogen and oxygen atoms in total. The minimum atomic E-state index is -3.67. The molecule has 1 fully saturated rings. The van der Waals surface area contributed by atoms with Crippen LogP contribution in [0.4, 0.5) is 17.2 Å². The van der Waals surface area contributed by atoms with Gasteiger partial charge in [-0.1, -0.05) is 41.9 Å². The minimum absolute atomic E-state index is 0.191. The Bertz CT molecular complexity index is 1120. The monoisotopic (exact) mass is 456 g/mol. The molecular weight excluding hydrogens is 432 g/mol. The number of pyridine rings is 1. The van der Waals surface area contributed by atoms with Gasteiger partial charge in [0.1, 0.15) is 10.7 Å². The quantitative estimate of drug-likeness (QED) is 0.554. The fraction of sp³-hybridized carbons (Fsp3) is 0.261. The zero-order valence-corrected chi connectivity index (χ0v) is 18.9. The van der Waals surface area contributed by atoms with Crippen molar-refractivity contribution in [3.63, 3.8) is 0 Å². The van der Waals surface area contributed by atoms with E-state index in [-0.39, 0.29) is 4.90 Å². The van der Waals surface area contributed by atoms with Gasteiger partial charge in [0.15, 0.2) is 0 Å². The maximum Gasteiger partial charge on any atom is 0.265 e. The lowest BCUT2D eigenvalue weighted by atomic mass is 10.2. The third-order valence-corrected chi connectivity index (χ3v) is 7.64. The largest absolute Gasteiger partial charge is 0.367 e. The highest BCUT2D eigenvalue weighted by atomic mass is 35.5. The van der Waals surface area contributed by atoms with Gasteiger partial charge < -0.3 is 9.80 Å². The molecule has 2 heterocycles. The second kappa shape index (κ2) is 9.16. The fourth-order valence-corrected chi connectivity index (χ4v) is 5.48. The molecule has 0 spiro atoms. The highest BCUT2D eigenvalue weighted by Crippen LogP contribution is 2.28. The number of para-hydroxylation sites is 2. The van der Waals surface area contributed by atoms with E-state index in [1.807, 2.05) is 49.4 Å². The van der Waals surface area contributed by atoms with Crippen LogP contribution >= 0.6 is 11.6 Å². The van der Waals surface area contributed by atoms with Crippen LogP contribution in [0.15, 0.2) is 77.8 Å². The number of aromatic nitrogens is 1. The number of rotatable bonds is 6. The van der Waals surface area contributed by atoms with Gasteiger partial charge in [-0.3, -0.25) is 4.31 Å². The van der Waals surface area contributed by atoms with Crippen molar-refractivity contribution in [2.75, 3.05) is 46.8 Å². The molecule has 3 aromatic rings. The molecular formula is C23H25ClN4O2S. The summed E-state index contributed by atoms with van der Waals surface area (Å²) in [4.78, 5) is 9.09. The summed E-state index contributed by atoms with van der Waals surface area (Å²) in [5, 5.41) is 0.752. The Balaban J connectivity index is 1.47. The van der Waals surface area contributed by atoms with Crippen molar-refractivity contribution >= 4 is 38.8 Å². The molecule has 0 radical (unpaired) electrons. The van der Waals surface area contributed by atoms with Crippen LogP contribution in [0, 0.1) is 0 Å². The van der Waals surface area contributed by atoms with E-state index < -0.39 is 10.0 Å². The molecule has 0 N–H and O–H groups in total. The number of sulfonamides is 1. The van der Waals surface area contributed by atoms with E-state index in [4.69, 9.17) is 11.6 Å². The smallest absolute Gasteiger partial charge is 0.265 e. The van der Waals surface area contributed by atoms with Gasteiger partial charge in [-0.2, -0.15) is 0 Å². The Morgan fingerprint density at radius 2 is 1.55 bits per heavy atom. The topological polar surface area (TPSA) is 56.8 Å². The molecule has 0 saturated carbocycles. The SMILES string of the molecule is CCN(c1ccccc1)S(=O)(=O)c1ccc(N2CCN(c3ccccc3Cl)CC2)nc1. The predicted octanol–water partition coefficient (Wildman–Crippen LogP) is 4.28. The van der Waals surface area contributed by atoms with Gasteiger partial charge in [0.05, 0.1) is 16.4 Å². The van der Waals surface area contributed by atoms with Crippen molar-refractivity contribution < 1.29 is 8.42 Å². The summed E-state index contributed by atoms with van der Waals surface area (Å²) in [5.41, 5.74) is 1.68. The first-order valence-electron chi connectivity index (χ1n) is 10.3. The fourth-order valence-electron chi connectivity index (χ4n) is 3.81. The van der Waals surface area contributed by atoms with E-state index in [0.29, 0.717) is 12.2 Å². The van der Waals surface area contributed by atoms with Crippen LogP contribution in [0.1, 0.15) is 6.92 Å². The first kappa shape index (κ1) is 21.5. The van der Waals surface area contributed by atoms with Gasteiger partial charge in [0.2, 0.25) is 0 Å². The van der Waals surface area contributed by atoms with Crippen LogP contribution in [0.3, 0.4) is 0 Å². The lowest BCUT2D eigenvalue weighted by Gasteiger charge is -2.37. The third kappa shape index (κ3) is 4.48. The van der Waals surface area contributed by atoms with Crippen LogP contribution < -0.4 is 14.1 Å². The Kier molecular flexibility index (Phi) is 6.34. The van der Waals surface area contributed by atoms with Gasteiger partial charge in [-0.05, 0) is 43.3 Å². The number of benzene rings is 2. The van der Waals surface area contributed by atoms with Crippen molar-refractivity contribution in [1.82, 2.24) is 4.98 Å². The normalized spacial score (nSPS) is 14.5. The van der Waals surface area contributed by atoms with E-state index in [2.05, 4.69) is 14.8 Å². The number of piperazine rings is 1. The Hall–Kier alpha value is -2.77. The second-order valence-electron chi connectivity index (χ2n) is 7.28.